The fraction of sp³-hybridized carbons (Fsp3) is 0.359. The Morgan fingerprint density at radius 3 is 2.76 bits per heavy atom. The highest BCUT2D eigenvalue weighted by molar-refractivity contribution is 9.10. The van der Waals surface area contributed by atoms with Gasteiger partial charge in [-0.2, -0.15) is 0 Å². The van der Waals surface area contributed by atoms with Gasteiger partial charge < -0.3 is 28.3 Å². The summed E-state index contributed by atoms with van der Waals surface area (Å²) in [6.07, 6.45) is 9.75. The van der Waals surface area contributed by atoms with Crippen molar-refractivity contribution in [1.29, 1.82) is 0 Å². The Balaban J connectivity index is 0.000000176. The van der Waals surface area contributed by atoms with Crippen LogP contribution >= 0.6 is 15.9 Å². The number of nitrogens with zero attached hydrogens (tertiary/aromatic N) is 3. The molecule has 1 saturated heterocycles. The maximum absolute atomic E-state index is 12.5. The normalized spacial score (nSPS) is 21.3. The first-order valence-electron chi connectivity index (χ1n) is 16.7. The van der Waals surface area contributed by atoms with Crippen molar-refractivity contribution in [2.75, 3.05) is 33.9 Å². The van der Waals surface area contributed by atoms with E-state index in [0.29, 0.717) is 47.9 Å². The first kappa shape index (κ1) is 34.0. The van der Waals surface area contributed by atoms with Crippen molar-refractivity contribution in [2.24, 2.45) is 13.0 Å². The van der Waals surface area contributed by atoms with Gasteiger partial charge in [0.25, 0.3) is 0 Å². The fourth-order valence-electron chi connectivity index (χ4n) is 7.92. The number of rotatable bonds is 4. The third-order valence-corrected chi connectivity index (χ3v) is 10.6. The van der Waals surface area contributed by atoms with Gasteiger partial charge >= 0.3 is 5.97 Å². The Kier molecular flexibility index (Phi) is 9.08. The summed E-state index contributed by atoms with van der Waals surface area (Å²) in [5, 5.41) is 11.8. The third-order valence-electron chi connectivity index (χ3n) is 10.2. The first-order valence-corrected chi connectivity index (χ1v) is 17.5. The minimum absolute atomic E-state index is 0.0350. The molecule has 0 saturated carbocycles. The highest BCUT2D eigenvalue weighted by atomic mass is 79.9. The number of likely N-dealkylation sites (tertiary alicyclic amines) is 1. The molecular formula is C39H40BrN3O7. The number of fused-ring (bicyclic) bond motifs is 4. The van der Waals surface area contributed by atoms with Crippen LogP contribution in [0.3, 0.4) is 0 Å². The lowest BCUT2D eigenvalue weighted by Gasteiger charge is -2.53. The molecule has 0 bridgehead atoms. The summed E-state index contributed by atoms with van der Waals surface area (Å²) in [5.41, 5.74) is 5.76. The number of halogens is 1. The van der Waals surface area contributed by atoms with E-state index in [1.807, 2.05) is 20.1 Å². The van der Waals surface area contributed by atoms with E-state index >= 15 is 0 Å². The standard InChI is InChI=1S/C24H26BrN3O3.C15H14O4/c1-27-13-17-8-21-24(30-3,19-5-4-6-20(27)22(17)19)9-15(12-28(21)2)14-31-23(29)16-7-18(25)11-26-10-16;1-8-3-4-10-12(18-7-8)6-13-14(15(10)17)11(16)5-9(2)19-13/h4-7,10-11,13,15,21H,8-9,12,14H2,1-3H3;3,5-6,17H,4,7H2,1-2H3. The number of aromatic hydroxyl groups is 1. The first-order chi connectivity index (χ1) is 24.0. The van der Waals surface area contributed by atoms with Gasteiger partial charge in [-0.25, -0.2) is 4.79 Å². The molecule has 0 radical (unpaired) electrons. The summed E-state index contributed by atoms with van der Waals surface area (Å²) >= 11 is 3.35. The van der Waals surface area contributed by atoms with Crippen molar-refractivity contribution in [2.45, 2.75) is 44.8 Å². The molecular weight excluding hydrogens is 702 g/mol. The van der Waals surface area contributed by atoms with Gasteiger partial charge in [0.15, 0.2) is 5.43 Å². The Morgan fingerprint density at radius 1 is 1.16 bits per heavy atom. The number of ether oxygens (including phenoxy) is 3. The number of aryl methyl sites for hydroxylation is 2. The summed E-state index contributed by atoms with van der Waals surface area (Å²) in [6.45, 7) is 5.36. The maximum Gasteiger partial charge on any atom is 0.339 e. The topological polar surface area (TPSA) is 116 Å². The van der Waals surface area contributed by atoms with E-state index in [0.717, 1.165) is 29.4 Å². The number of likely N-dealkylation sites (N-methyl/N-ethyl adjacent to an activating group) is 1. The van der Waals surface area contributed by atoms with Gasteiger partial charge in [0.2, 0.25) is 0 Å². The number of piperidine rings is 1. The highest BCUT2D eigenvalue weighted by Gasteiger charge is 2.52. The molecule has 3 atom stereocenters. The number of carbonyl (C=O) groups is 1. The van der Waals surface area contributed by atoms with Crippen molar-refractivity contribution in [3.8, 4) is 11.5 Å². The van der Waals surface area contributed by atoms with Crippen LogP contribution in [-0.4, -0.2) is 65.5 Å². The average molecular weight is 743 g/mol. The number of hydrogen-bond donors (Lipinski definition) is 1. The highest BCUT2D eigenvalue weighted by Crippen LogP contribution is 2.49. The van der Waals surface area contributed by atoms with Crippen molar-refractivity contribution < 1.29 is 28.5 Å². The Bertz CT molecular complexity index is 2220. The van der Waals surface area contributed by atoms with Crippen LogP contribution in [0.25, 0.3) is 21.9 Å². The lowest BCUT2D eigenvalue weighted by atomic mass is 9.69. The van der Waals surface area contributed by atoms with Crippen molar-refractivity contribution in [1.82, 2.24) is 14.5 Å². The summed E-state index contributed by atoms with van der Waals surface area (Å²) in [6, 6.07) is 11.5. The van der Waals surface area contributed by atoms with Gasteiger partial charge in [0.05, 0.1) is 12.2 Å². The quantitative estimate of drug-likeness (QED) is 0.161. The van der Waals surface area contributed by atoms with Crippen LogP contribution in [0.5, 0.6) is 11.5 Å². The smallest absolute Gasteiger partial charge is 0.339 e. The maximum atomic E-state index is 12.5. The number of phenols is 1. The number of esters is 1. The van der Waals surface area contributed by atoms with Gasteiger partial charge in [-0.3, -0.25) is 14.7 Å². The largest absolute Gasteiger partial charge is 0.507 e. The molecule has 0 spiro atoms. The van der Waals surface area contributed by atoms with Gasteiger partial charge in [-0.1, -0.05) is 18.2 Å². The molecule has 10 nitrogen and oxygen atoms in total. The zero-order valence-corrected chi connectivity index (χ0v) is 30.4. The molecule has 2 aromatic carbocycles. The van der Waals surface area contributed by atoms with E-state index in [1.54, 1.807) is 25.3 Å². The van der Waals surface area contributed by atoms with E-state index in [-0.39, 0.29) is 34.5 Å². The molecule has 2 aliphatic heterocycles. The average Bonchev–Trinajstić information content (AvgIpc) is 3.29. The van der Waals surface area contributed by atoms with Crippen LogP contribution in [0.1, 0.15) is 46.2 Å². The summed E-state index contributed by atoms with van der Waals surface area (Å²) < 4.78 is 26.1. The second-order valence-electron chi connectivity index (χ2n) is 13.6. The zero-order valence-electron chi connectivity index (χ0n) is 28.8. The molecule has 1 N–H and O–H groups in total. The summed E-state index contributed by atoms with van der Waals surface area (Å²) in [7, 11) is 6.07. The van der Waals surface area contributed by atoms with Gasteiger partial charge in [0.1, 0.15) is 40.4 Å². The summed E-state index contributed by atoms with van der Waals surface area (Å²) in [4.78, 5) is 31.0. The molecule has 11 heteroatoms. The Hall–Kier alpha value is -4.45. The molecule has 5 aromatic rings. The minimum atomic E-state index is -0.421. The SMILES string of the molecule is CC1=CCc2c(cc3oc(C)cc(=O)c3c2O)OC1.COC12CC(COC(=O)c3cncc(Br)c3)CN(C)C1Cc1cn(C)c3cccc2c13. The van der Waals surface area contributed by atoms with Crippen LogP contribution in [-0.2, 0) is 35.0 Å². The molecule has 3 unspecified atom stereocenters. The number of aromatic nitrogens is 2. The number of phenolic OH excluding ortho intramolecular Hbond substituents is 1. The number of benzene rings is 2. The lowest BCUT2D eigenvalue weighted by molar-refractivity contribution is -0.131. The molecule has 1 fully saturated rings. The molecule has 8 rings (SSSR count). The minimum Gasteiger partial charge on any atom is -0.507 e. The Labute approximate surface area is 298 Å². The number of pyridine rings is 1. The van der Waals surface area contributed by atoms with Crippen LogP contribution in [0.15, 0.2) is 80.3 Å². The zero-order chi connectivity index (χ0) is 35.3. The molecule has 3 aromatic heterocycles. The number of methoxy groups -OCH3 is 1. The fourth-order valence-corrected chi connectivity index (χ4v) is 8.29. The van der Waals surface area contributed by atoms with Crippen molar-refractivity contribution in [3.63, 3.8) is 0 Å². The van der Waals surface area contributed by atoms with Crippen molar-refractivity contribution in [3.05, 3.63) is 109 Å². The predicted molar refractivity (Wildman–Crippen MR) is 194 cm³/mol. The molecule has 260 valence electrons. The van der Waals surface area contributed by atoms with Gasteiger partial charge in [-0.05, 0) is 84.9 Å². The van der Waals surface area contributed by atoms with Crippen molar-refractivity contribution >= 4 is 43.8 Å². The van der Waals surface area contributed by atoms with Crippen LogP contribution in [0.4, 0.5) is 0 Å². The molecule has 50 heavy (non-hydrogen) atoms. The van der Waals surface area contributed by atoms with Crippen LogP contribution < -0.4 is 10.2 Å². The number of allylic oxidation sites excluding steroid dienone is 1. The second-order valence-corrected chi connectivity index (χ2v) is 14.5. The molecule has 3 aliphatic rings. The monoisotopic (exact) mass is 741 g/mol. The van der Waals surface area contributed by atoms with Crippen LogP contribution in [0.2, 0.25) is 0 Å². The molecule has 5 heterocycles. The Morgan fingerprint density at radius 2 is 1.98 bits per heavy atom. The molecule has 1 aliphatic carbocycles. The predicted octanol–water partition coefficient (Wildman–Crippen LogP) is 6.60. The van der Waals surface area contributed by atoms with E-state index in [2.05, 4.69) is 68.9 Å². The van der Waals surface area contributed by atoms with E-state index in [9.17, 15) is 14.7 Å². The number of carbonyl (C=O) groups excluding carboxylic acids is 1. The number of hydrogen-bond acceptors (Lipinski definition) is 9. The lowest BCUT2D eigenvalue weighted by Crippen LogP contribution is -2.59. The third kappa shape index (κ3) is 6.01. The molecule has 0 amide bonds. The van der Waals surface area contributed by atoms with E-state index in [1.165, 1.54) is 34.3 Å². The van der Waals surface area contributed by atoms with E-state index < -0.39 is 5.60 Å². The van der Waals surface area contributed by atoms with Gasteiger partial charge in [-0.15, -0.1) is 0 Å². The second kappa shape index (κ2) is 13.4. The summed E-state index contributed by atoms with van der Waals surface area (Å²) in [5.74, 6) is 0.880. The van der Waals surface area contributed by atoms with Crippen LogP contribution in [0, 0.1) is 12.8 Å². The van der Waals surface area contributed by atoms with Gasteiger partial charge in [0, 0.05) is 84.3 Å². The van der Waals surface area contributed by atoms with E-state index in [4.69, 9.17) is 18.6 Å².